The Labute approximate surface area is 181 Å². The molecule has 2 heterocycles. The third kappa shape index (κ3) is 3.89. The molecule has 1 atom stereocenters. The molecule has 3 aromatic rings. The zero-order chi connectivity index (χ0) is 21.4. The van der Waals surface area contributed by atoms with Crippen molar-refractivity contribution in [3.05, 3.63) is 92.1 Å². The molecule has 0 fully saturated rings. The fourth-order valence-electron chi connectivity index (χ4n) is 3.60. The Kier molecular flexibility index (Phi) is 5.71. The molecule has 0 amide bonds. The summed E-state index contributed by atoms with van der Waals surface area (Å²) in [4.78, 5) is 16.9. The molecule has 0 N–H and O–H groups in total. The normalized spacial score (nSPS) is 13.8. The number of fused-ring (bicyclic) bond motifs is 3. The van der Waals surface area contributed by atoms with Crippen LogP contribution in [0.4, 0.5) is 4.39 Å². The summed E-state index contributed by atoms with van der Waals surface area (Å²) in [6.45, 7) is 2.15. The zero-order valence-electron chi connectivity index (χ0n) is 16.6. The van der Waals surface area contributed by atoms with Crippen molar-refractivity contribution in [2.24, 2.45) is 12.0 Å². The molecule has 1 aliphatic heterocycles. The van der Waals surface area contributed by atoms with Crippen LogP contribution in [-0.4, -0.2) is 20.2 Å². The molecule has 4 rings (SSSR count). The predicted molar refractivity (Wildman–Crippen MR) is 120 cm³/mol. The van der Waals surface area contributed by atoms with E-state index in [1.54, 1.807) is 31.4 Å². The zero-order valence-corrected chi connectivity index (χ0v) is 18.2. The van der Waals surface area contributed by atoms with Crippen LogP contribution in [-0.2, 0) is 30.1 Å². The maximum Gasteiger partial charge on any atom is 0.250 e. The minimum absolute atomic E-state index is 0.130. The summed E-state index contributed by atoms with van der Waals surface area (Å²) in [5.41, 5.74) is 4.90. The van der Waals surface area contributed by atoms with E-state index in [4.69, 9.17) is 11.6 Å². The first kappa shape index (κ1) is 20.7. The third-order valence-corrected chi connectivity index (χ3v) is 6.72. The van der Waals surface area contributed by atoms with Gasteiger partial charge in [0.05, 0.1) is 12.3 Å². The van der Waals surface area contributed by atoms with Crippen LogP contribution in [0.1, 0.15) is 29.2 Å². The molecule has 0 saturated carbocycles. The summed E-state index contributed by atoms with van der Waals surface area (Å²) in [5, 5.41) is 0.314. The van der Waals surface area contributed by atoms with Gasteiger partial charge < -0.3 is 4.57 Å². The molecule has 0 spiro atoms. The van der Waals surface area contributed by atoms with Gasteiger partial charge in [0, 0.05) is 63.3 Å². The quantitative estimate of drug-likeness (QED) is 0.598. The average molecular weight is 443 g/mol. The summed E-state index contributed by atoms with van der Waals surface area (Å²) in [7, 11) is 0.738. The third-order valence-electron chi connectivity index (χ3n) is 5.19. The van der Waals surface area contributed by atoms with E-state index in [2.05, 4.69) is 4.99 Å². The second-order valence-electron chi connectivity index (χ2n) is 7.20. The lowest BCUT2D eigenvalue weighted by molar-refractivity contribution is 0.625. The highest BCUT2D eigenvalue weighted by atomic mass is 35.5. The highest BCUT2D eigenvalue weighted by molar-refractivity contribution is 7.84. The molecule has 1 aromatic heterocycles. The van der Waals surface area contributed by atoms with Crippen LogP contribution in [0.5, 0.6) is 0 Å². The topological polar surface area (TPSA) is 51.4 Å². The van der Waals surface area contributed by atoms with Crippen LogP contribution in [0.15, 0.2) is 58.4 Å². The lowest BCUT2D eigenvalue weighted by Crippen LogP contribution is -2.16. The molecule has 30 heavy (non-hydrogen) atoms. The van der Waals surface area contributed by atoms with Crippen LogP contribution in [0.3, 0.4) is 0 Å². The lowest BCUT2D eigenvalue weighted by Gasteiger charge is -2.15. The highest BCUT2D eigenvalue weighted by Crippen LogP contribution is 2.34. The number of hydrogen-bond donors (Lipinski definition) is 0. The summed E-state index contributed by atoms with van der Waals surface area (Å²) >= 11 is 5.93. The van der Waals surface area contributed by atoms with Crippen molar-refractivity contribution in [3.63, 3.8) is 0 Å². The van der Waals surface area contributed by atoms with Gasteiger partial charge in [-0.05, 0) is 41.0 Å². The second kappa shape index (κ2) is 8.28. The van der Waals surface area contributed by atoms with Gasteiger partial charge in [0.25, 0.3) is 5.56 Å². The molecule has 0 aliphatic carbocycles. The van der Waals surface area contributed by atoms with E-state index < -0.39 is 16.6 Å². The maximum atomic E-state index is 14.8. The molecule has 2 aromatic carbocycles. The molecule has 7 heteroatoms. The smallest absolute Gasteiger partial charge is 0.250 e. The van der Waals surface area contributed by atoms with Gasteiger partial charge >= 0.3 is 0 Å². The molecule has 1 aliphatic rings. The van der Waals surface area contributed by atoms with Gasteiger partial charge in [0.2, 0.25) is 0 Å². The Morgan fingerprint density at radius 2 is 1.87 bits per heavy atom. The summed E-state index contributed by atoms with van der Waals surface area (Å²) in [6.07, 6.45) is 1.79. The van der Waals surface area contributed by atoms with E-state index in [-0.39, 0.29) is 12.1 Å². The number of rotatable bonds is 4. The first-order valence-electron chi connectivity index (χ1n) is 9.55. The van der Waals surface area contributed by atoms with Crippen molar-refractivity contribution in [2.45, 2.75) is 19.2 Å². The highest BCUT2D eigenvalue weighted by Gasteiger charge is 2.22. The molecular formula is C23H20ClFN2O2S. The average Bonchev–Trinajstić information content (AvgIpc) is 2.85. The first-order valence-corrected chi connectivity index (χ1v) is 11.4. The lowest BCUT2D eigenvalue weighted by atomic mass is 9.91. The summed E-state index contributed by atoms with van der Waals surface area (Å²) < 4.78 is 28.4. The van der Waals surface area contributed by atoms with Gasteiger partial charge in [-0.2, -0.15) is 0 Å². The number of benzene rings is 2. The van der Waals surface area contributed by atoms with Crippen LogP contribution in [0, 0.1) is 5.82 Å². The van der Waals surface area contributed by atoms with E-state index in [1.165, 1.54) is 10.6 Å². The number of aliphatic imine (C=N–C) groups is 1. The van der Waals surface area contributed by atoms with E-state index in [0.717, 1.165) is 27.8 Å². The van der Waals surface area contributed by atoms with Gasteiger partial charge in [-0.15, -0.1) is 0 Å². The van der Waals surface area contributed by atoms with E-state index >= 15 is 0 Å². The standard InChI is InChI=1S/C23H20ClFN2O2S/c1-3-30(29)13-14-4-6-17-19(8-14)20-12-27(2)22(28)9-15(20)11-26-23(17)18-7-5-16(24)10-21(18)25/h4-10,12H,3,11,13H2,1-2H3. The monoisotopic (exact) mass is 442 g/mol. The first-order chi connectivity index (χ1) is 14.4. The Bertz CT molecular complexity index is 1270. The van der Waals surface area contributed by atoms with Gasteiger partial charge in [0.1, 0.15) is 5.82 Å². The molecule has 0 bridgehead atoms. The van der Waals surface area contributed by atoms with Gasteiger partial charge in [-0.25, -0.2) is 4.39 Å². The Morgan fingerprint density at radius 3 is 2.60 bits per heavy atom. The molecular weight excluding hydrogens is 423 g/mol. The molecule has 1 unspecified atom stereocenters. The molecule has 0 radical (unpaired) electrons. The Balaban J connectivity index is 1.96. The maximum absolute atomic E-state index is 14.8. The van der Waals surface area contributed by atoms with E-state index in [1.807, 2.05) is 25.1 Å². The van der Waals surface area contributed by atoms with Crippen molar-refractivity contribution in [1.82, 2.24) is 4.57 Å². The molecule has 0 saturated heterocycles. The van der Waals surface area contributed by atoms with Crippen molar-refractivity contribution >= 4 is 28.1 Å². The van der Waals surface area contributed by atoms with Gasteiger partial charge in [0.15, 0.2) is 0 Å². The number of pyridine rings is 1. The fraction of sp³-hybridized carbons (Fsp3) is 0.217. The van der Waals surface area contributed by atoms with Crippen LogP contribution in [0.25, 0.3) is 11.1 Å². The largest absolute Gasteiger partial charge is 0.318 e. The van der Waals surface area contributed by atoms with Crippen molar-refractivity contribution in [1.29, 1.82) is 0 Å². The number of halogens is 2. The minimum Gasteiger partial charge on any atom is -0.318 e. The van der Waals surface area contributed by atoms with Crippen LogP contribution < -0.4 is 5.56 Å². The van der Waals surface area contributed by atoms with Crippen molar-refractivity contribution in [2.75, 3.05) is 5.75 Å². The SMILES string of the molecule is CCS(=O)Cc1ccc2c(c1)-c1cn(C)c(=O)cc1CN=C2c1ccc(Cl)cc1F. The van der Waals surface area contributed by atoms with Gasteiger partial charge in [-0.1, -0.05) is 30.7 Å². The molecule has 4 nitrogen and oxygen atoms in total. The number of aromatic nitrogens is 1. The molecule has 154 valence electrons. The summed E-state index contributed by atoms with van der Waals surface area (Å²) in [5.74, 6) is 0.557. The van der Waals surface area contributed by atoms with Gasteiger partial charge in [-0.3, -0.25) is 14.0 Å². The summed E-state index contributed by atoms with van der Waals surface area (Å²) in [6, 6.07) is 11.9. The minimum atomic E-state index is -0.960. The fourth-order valence-corrected chi connectivity index (χ4v) is 4.52. The number of aryl methyl sites for hydroxylation is 1. The van der Waals surface area contributed by atoms with Crippen molar-refractivity contribution < 1.29 is 8.60 Å². The second-order valence-corrected chi connectivity index (χ2v) is 9.39. The number of nitrogens with zero attached hydrogens (tertiary/aromatic N) is 2. The van der Waals surface area contributed by atoms with Crippen LogP contribution >= 0.6 is 11.6 Å². The Morgan fingerprint density at radius 1 is 1.10 bits per heavy atom. The van der Waals surface area contributed by atoms with E-state index in [9.17, 15) is 13.4 Å². The van der Waals surface area contributed by atoms with E-state index in [0.29, 0.717) is 27.8 Å². The van der Waals surface area contributed by atoms with Crippen molar-refractivity contribution in [3.8, 4) is 11.1 Å². The number of hydrogen-bond acceptors (Lipinski definition) is 3. The predicted octanol–water partition coefficient (Wildman–Crippen LogP) is 4.46. The van der Waals surface area contributed by atoms with Crippen LogP contribution in [0.2, 0.25) is 5.02 Å². The Hall–Kier alpha value is -2.57.